The fraction of sp³-hybridized carbons (Fsp3) is 0.190. The van der Waals surface area contributed by atoms with Gasteiger partial charge < -0.3 is 21.0 Å². The van der Waals surface area contributed by atoms with Gasteiger partial charge in [-0.1, -0.05) is 24.3 Å². The van der Waals surface area contributed by atoms with Gasteiger partial charge in [-0.15, -0.1) is 11.3 Å². The van der Waals surface area contributed by atoms with Crippen molar-refractivity contribution in [2.24, 2.45) is 21.9 Å². The standard InChI is InChI=1S/C21H23N5O2S/c1-2-28-21(27)20-14-26(13-19-8-7-18(29-19)11-25-23)12-17(20)9-15-3-5-16(6-4-15)10-24-22/h3-8,10-12,14H,2,9,13,22-23H2,1H3. The van der Waals surface area contributed by atoms with Crippen LogP contribution in [-0.4, -0.2) is 29.6 Å². The largest absolute Gasteiger partial charge is 0.462 e. The molecule has 0 saturated carbocycles. The van der Waals surface area contributed by atoms with E-state index in [4.69, 9.17) is 16.4 Å². The van der Waals surface area contributed by atoms with Crippen LogP contribution < -0.4 is 11.7 Å². The number of hydrazone groups is 2. The Bertz CT molecular complexity index is 1020. The minimum Gasteiger partial charge on any atom is -0.462 e. The maximum Gasteiger partial charge on any atom is 0.339 e. The first-order valence-corrected chi connectivity index (χ1v) is 9.94. The Morgan fingerprint density at radius 3 is 2.55 bits per heavy atom. The van der Waals surface area contributed by atoms with Crippen molar-refractivity contribution < 1.29 is 9.53 Å². The molecule has 7 nitrogen and oxygen atoms in total. The third-order valence-corrected chi connectivity index (χ3v) is 5.28. The minimum absolute atomic E-state index is 0.310. The molecule has 3 aromatic rings. The van der Waals surface area contributed by atoms with E-state index in [9.17, 15) is 4.79 Å². The molecule has 1 aromatic carbocycles. The van der Waals surface area contributed by atoms with E-state index in [2.05, 4.69) is 10.2 Å². The SMILES string of the molecule is CCOC(=O)c1cn(Cc2ccc(C=NN)s2)cc1Cc1ccc(C=NN)cc1. The molecule has 0 bridgehead atoms. The summed E-state index contributed by atoms with van der Waals surface area (Å²) >= 11 is 1.61. The van der Waals surface area contributed by atoms with Crippen LogP contribution in [0.4, 0.5) is 0 Å². The lowest BCUT2D eigenvalue weighted by molar-refractivity contribution is 0.0525. The van der Waals surface area contributed by atoms with E-state index in [0.29, 0.717) is 25.1 Å². The van der Waals surface area contributed by atoms with Crippen LogP contribution in [0.2, 0.25) is 0 Å². The smallest absolute Gasteiger partial charge is 0.339 e. The van der Waals surface area contributed by atoms with Crippen LogP contribution in [0.15, 0.2) is 59.0 Å². The molecule has 0 unspecified atom stereocenters. The Kier molecular flexibility index (Phi) is 6.80. The number of hydrogen-bond donors (Lipinski definition) is 2. The molecule has 0 aliphatic rings. The summed E-state index contributed by atoms with van der Waals surface area (Å²) in [5.74, 6) is 10.1. The first kappa shape index (κ1) is 20.3. The molecule has 0 saturated heterocycles. The number of nitrogens with zero attached hydrogens (tertiary/aromatic N) is 3. The third kappa shape index (κ3) is 5.32. The van der Waals surface area contributed by atoms with E-state index in [1.165, 1.54) is 0 Å². The molecule has 0 aliphatic heterocycles. The maximum atomic E-state index is 12.5. The Morgan fingerprint density at radius 2 is 1.86 bits per heavy atom. The molecule has 0 atom stereocenters. The minimum atomic E-state index is -0.310. The van der Waals surface area contributed by atoms with Gasteiger partial charge in [-0.3, -0.25) is 0 Å². The molecule has 2 heterocycles. The summed E-state index contributed by atoms with van der Waals surface area (Å²) in [6, 6.07) is 11.9. The van der Waals surface area contributed by atoms with Crippen LogP contribution in [0.3, 0.4) is 0 Å². The molecule has 29 heavy (non-hydrogen) atoms. The van der Waals surface area contributed by atoms with Crippen molar-refractivity contribution in [2.75, 3.05) is 6.61 Å². The summed E-state index contributed by atoms with van der Waals surface area (Å²) in [7, 11) is 0. The number of rotatable bonds is 8. The average molecular weight is 410 g/mol. The average Bonchev–Trinajstić information content (AvgIpc) is 3.31. The summed E-state index contributed by atoms with van der Waals surface area (Å²) in [6.07, 6.45) is 7.68. The molecule has 0 fully saturated rings. The third-order valence-electron chi connectivity index (χ3n) is 4.28. The second kappa shape index (κ2) is 9.70. The van der Waals surface area contributed by atoms with Crippen LogP contribution in [0.1, 0.15) is 43.7 Å². The summed E-state index contributed by atoms with van der Waals surface area (Å²) in [6.45, 7) is 2.79. The van der Waals surface area contributed by atoms with Crippen LogP contribution in [0.5, 0.6) is 0 Å². The Hall–Kier alpha value is -3.39. The highest BCUT2D eigenvalue weighted by Gasteiger charge is 2.16. The molecule has 8 heteroatoms. The van der Waals surface area contributed by atoms with Gasteiger partial charge in [0.1, 0.15) is 0 Å². The van der Waals surface area contributed by atoms with Crippen molar-refractivity contribution in [3.63, 3.8) is 0 Å². The number of carbonyl (C=O) groups is 1. The number of carbonyl (C=O) groups excluding carboxylic acids is 1. The molecular formula is C21H23N5O2S. The number of thiophene rings is 1. The molecule has 0 aliphatic carbocycles. The van der Waals surface area contributed by atoms with Crippen LogP contribution in [0, 0.1) is 0 Å². The Balaban J connectivity index is 1.84. The lowest BCUT2D eigenvalue weighted by atomic mass is 10.0. The van der Waals surface area contributed by atoms with Gasteiger partial charge in [0.2, 0.25) is 0 Å². The fourth-order valence-electron chi connectivity index (χ4n) is 3.01. The number of hydrogen-bond acceptors (Lipinski definition) is 7. The van der Waals surface area contributed by atoms with E-state index in [0.717, 1.165) is 26.4 Å². The van der Waals surface area contributed by atoms with Gasteiger partial charge in [0.25, 0.3) is 0 Å². The molecule has 0 amide bonds. The van der Waals surface area contributed by atoms with Gasteiger partial charge in [0, 0.05) is 22.1 Å². The van der Waals surface area contributed by atoms with E-state index in [1.807, 2.05) is 53.4 Å². The molecular weight excluding hydrogens is 386 g/mol. The van der Waals surface area contributed by atoms with Crippen molar-refractivity contribution in [3.8, 4) is 0 Å². The molecule has 0 radical (unpaired) electrons. The fourth-order valence-corrected chi connectivity index (χ4v) is 3.91. The van der Waals surface area contributed by atoms with Crippen molar-refractivity contribution in [3.05, 3.63) is 80.8 Å². The molecule has 2 aromatic heterocycles. The highest BCUT2D eigenvalue weighted by atomic mass is 32.1. The predicted molar refractivity (Wildman–Crippen MR) is 117 cm³/mol. The van der Waals surface area contributed by atoms with E-state index >= 15 is 0 Å². The zero-order chi connectivity index (χ0) is 20.6. The van der Waals surface area contributed by atoms with E-state index in [-0.39, 0.29) is 5.97 Å². The second-order valence-electron chi connectivity index (χ2n) is 6.37. The van der Waals surface area contributed by atoms with Gasteiger partial charge in [-0.25, -0.2) is 4.79 Å². The van der Waals surface area contributed by atoms with Crippen molar-refractivity contribution in [2.45, 2.75) is 19.9 Å². The first-order valence-electron chi connectivity index (χ1n) is 9.13. The van der Waals surface area contributed by atoms with Gasteiger partial charge >= 0.3 is 5.97 Å². The summed E-state index contributed by atoms with van der Waals surface area (Å²) in [4.78, 5) is 14.6. The van der Waals surface area contributed by atoms with Crippen molar-refractivity contribution in [1.82, 2.24) is 4.57 Å². The van der Waals surface area contributed by atoms with E-state index in [1.54, 1.807) is 30.7 Å². The number of nitrogens with two attached hydrogens (primary N) is 2. The van der Waals surface area contributed by atoms with Gasteiger partial charge in [0.05, 0.1) is 31.1 Å². The lowest BCUT2D eigenvalue weighted by Gasteiger charge is -2.04. The van der Waals surface area contributed by atoms with Crippen LogP contribution in [-0.2, 0) is 17.7 Å². The highest BCUT2D eigenvalue weighted by molar-refractivity contribution is 7.13. The number of aromatic nitrogens is 1. The Labute approximate surface area is 173 Å². The van der Waals surface area contributed by atoms with Crippen LogP contribution >= 0.6 is 11.3 Å². The molecule has 4 N–H and O–H groups in total. The molecule has 0 spiro atoms. The number of benzene rings is 1. The first-order chi connectivity index (χ1) is 14.1. The summed E-state index contributed by atoms with van der Waals surface area (Å²) in [5, 5.41) is 7.09. The second-order valence-corrected chi connectivity index (χ2v) is 7.57. The van der Waals surface area contributed by atoms with Crippen LogP contribution in [0.25, 0.3) is 0 Å². The lowest BCUT2D eigenvalue weighted by Crippen LogP contribution is -2.06. The van der Waals surface area contributed by atoms with E-state index < -0.39 is 0 Å². The predicted octanol–water partition coefficient (Wildman–Crippen LogP) is 2.95. The quantitative estimate of drug-likeness (QED) is 0.258. The Morgan fingerprint density at radius 1 is 1.10 bits per heavy atom. The maximum absolute atomic E-state index is 12.5. The zero-order valence-corrected chi connectivity index (χ0v) is 16.9. The zero-order valence-electron chi connectivity index (χ0n) is 16.1. The van der Waals surface area contributed by atoms with Gasteiger partial charge in [-0.05, 0) is 42.2 Å². The summed E-state index contributed by atoms with van der Waals surface area (Å²) < 4.78 is 7.25. The number of esters is 1. The van der Waals surface area contributed by atoms with Crippen molar-refractivity contribution >= 4 is 29.7 Å². The topological polar surface area (TPSA) is 108 Å². The highest BCUT2D eigenvalue weighted by Crippen LogP contribution is 2.21. The molecule has 150 valence electrons. The molecule has 3 rings (SSSR count). The summed E-state index contributed by atoms with van der Waals surface area (Å²) in [5.41, 5.74) is 3.51. The monoisotopic (exact) mass is 409 g/mol. The number of ether oxygens (including phenoxy) is 1. The normalized spacial score (nSPS) is 11.5. The van der Waals surface area contributed by atoms with Gasteiger partial charge in [0.15, 0.2) is 0 Å². The van der Waals surface area contributed by atoms with Crippen molar-refractivity contribution in [1.29, 1.82) is 0 Å². The van der Waals surface area contributed by atoms with Gasteiger partial charge in [-0.2, -0.15) is 10.2 Å².